The van der Waals surface area contributed by atoms with Crippen molar-refractivity contribution in [2.45, 2.75) is 26.2 Å². The number of unbranched alkanes of at least 4 members (excludes halogenated alkanes) is 2. The molecule has 0 radical (unpaired) electrons. The zero-order chi connectivity index (χ0) is 17.3. The first-order chi connectivity index (χ1) is 10.3. The van der Waals surface area contributed by atoms with Crippen molar-refractivity contribution in [1.29, 1.82) is 0 Å². The van der Waals surface area contributed by atoms with Crippen LogP contribution in [0.2, 0.25) is 0 Å². The van der Waals surface area contributed by atoms with Crippen molar-refractivity contribution in [2.24, 2.45) is 0 Å². The first-order valence-corrected chi connectivity index (χ1v) is 6.33. The number of nitrogens with zero attached hydrogens (tertiary/aromatic N) is 3. The molecule has 0 aromatic heterocycles. The first-order valence-electron chi connectivity index (χ1n) is 6.33. The molecule has 22 heavy (non-hydrogen) atoms. The lowest BCUT2D eigenvalue weighted by Crippen LogP contribution is -2.49. The lowest BCUT2D eigenvalue weighted by molar-refractivity contribution is -0.420. The SMILES string of the molecule is CCCCC[NH3+].O=[N+]([O-])c1cc([N+](=O)[O-])c([O-])c([N+](=O)[O-])c1. The molecule has 0 aliphatic rings. The summed E-state index contributed by atoms with van der Waals surface area (Å²) >= 11 is 0. The Morgan fingerprint density at radius 1 is 0.955 bits per heavy atom. The maximum atomic E-state index is 11.1. The lowest BCUT2D eigenvalue weighted by Gasteiger charge is -2.06. The molecule has 11 nitrogen and oxygen atoms in total. The molecule has 0 unspecified atom stereocenters. The molecule has 0 heterocycles. The second kappa shape index (κ2) is 9.18. The average molecular weight is 316 g/mol. The van der Waals surface area contributed by atoms with E-state index in [2.05, 4.69) is 12.7 Å². The normalized spacial score (nSPS) is 9.55. The molecule has 0 aliphatic heterocycles. The zero-order valence-corrected chi connectivity index (χ0v) is 11.9. The fraction of sp³-hybridized carbons (Fsp3) is 0.455. The molecule has 122 valence electrons. The monoisotopic (exact) mass is 316 g/mol. The van der Waals surface area contributed by atoms with Gasteiger partial charge in [0.2, 0.25) is 0 Å². The van der Waals surface area contributed by atoms with Gasteiger partial charge in [0.1, 0.15) is 0 Å². The van der Waals surface area contributed by atoms with Crippen molar-refractivity contribution in [3.8, 4) is 5.75 Å². The Kier molecular flexibility index (Phi) is 8.00. The summed E-state index contributed by atoms with van der Waals surface area (Å²) in [5.41, 5.74) is 0.459. The van der Waals surface area contributed by atoms with Crippen molar-refractivity contribution in [2.75, 3.05) is 6.54 Å². The largest absolute Gasteiger partial charge is 0.863 e. The van der Waals surface area contributed by atoms with Crippen LogP contribution in [0.15, 0.2) is 12.1 Å². The van der Waals surface area contributed by atoms with Gasteiger partial charge in [-0.3, -0.25) is 30.3 Å². The van der Waals surface area contributed by atoms with Gasteiger partial charge in [0, 0.05) is 0 Å². The highest BCUT2D eigenvalue weighted by atomic mass is 16.6. The topological polar surface area (TPSA) is 180 Å². The van der Waals surface area contributed by atoms with E-state index in [1.165, 1.54) is 19.3 Å². The van der Waals surface area contributed by atoms with E-state index >= 15 is 0 Å². The van der Waals surface area contributed by atoms with Crippen LogP contribution in [-0.2, 0) is 0 Å². The summed E-state index contributed by atoms with van der Waals surface area (Å²) in [5, 5.41) is 42.1. The van der Waals surface area contributed by atoms with Gasteiger partial charge in [-0.1, -0.05) is 13.3 Å². The molecule has 0 amide bonds. The molecular formula is C11H16N4O7. The molecular weight excluding hydrogens is 300 g/mol. The van der Waals surface area contributed by atoms with Crippen molar-refractivity contribution >= 4 is 17.1 Å². The van der Waals surface area contributed by atoms with Crippen LogP contribution in [0.1, 0.15) is 26.2 Å². The van der Waals surface area contributed by atoms with Crippen LogP contribution in [0.5, 0.6) is 5.75 Å². The Bertz CT molecular complexity index is 522. The number of hydrogen-bond acceptors (Lipinski definition) is 7. The Morgan fingerprint density at radius 2 is 1.41 bits per heavy atom. The Hall–Kier alpha value is -2.82. The van der Waals surface area contributed by atoms with E-state index in [1.807, 2.05) is 0 Å². The molecule has 0 spiro atoms. The van der Waals surface area contributed by atoms with Crippen LogP contribution in [0.4, 0.5) is 17.1 Å². The van der Waals surface area contributed by atoms with E-state index in [0.29, 0.717) is 12.1 Å². The van der Waals surface area contributed by atoms with E-state index < -0.39 is 37.6 Å². The smallest absolute Gasteiger partial charge is 0.283 e. The highest BCUT2D eigenvalue weighted by Gasteiger charge is 2.24. The standard InChI is InChI=1S/C6H3N3O7.C5H13N/c10-6-4(8(13)14)1-3(7(11)12)2-5(6)9(15)16;1-2-3-4-5-6/h1-2,10H;2-6H2,1H3. The molecule has 3 N–H and O–H groups in total. The Labute approximate surface area is 124 Å². The molecule has 0 bridgehead atoms. The van der Waals surface area contributed by atoms with Gasteiger partial charge >= 0.3 is 0 Å². The molecule has 0 aliphatic carbocycles. The number of rotatable bonds is 6. The highest BCUT2D eigenvalue weighted by Crippen LogP contribution is 2.36. The fourth-order valence-electron chi connectivity index (χ4n) is 1.39. The highest BCUT2D eigenvalue weighted by molar-refractivity contribution is 5.63. The van der Waals surface area contributed by atoms with E-state index in [-0.39, 0.29) is 0 Å². The minimum absolute atomic E-state index is 0.384. The van der Waals surface area contributed by atoms with Crippen molar-refractivity contribution < 1.29 is 25.6 Å². The van der Waals surface area contributed by atoms with Gasteiger partial charge in [-0.05, 0) is 12.8 Å². The fourth-order valence-corrected chi connectivity index (χ4v) is 1.39. The molecule has 0 saturated carbocycles. The zero-order valence-electron chi connectivity index (χ0n) is 11.9. The summed E-state index contributed by atoms with van der Waals surface area (Å²) < 4.78 is 0. The Morgan fingerprint density at radius 3 is 1.64 bits per heavy atom. The molecule has 11 heteroatoms. The number of benzene rings is 1. The van der Waals surface area contributed by atoms with E-state index in [0.717, 1.165) is 6.54 Å². The van der Waals surface area contributed by atoms with Crippen LogP contribution in [0.3, 0.4) is 0 Å². The maximum Gasteiger partial charge on any atom is 0.283 e. The molecule has 1 aromatic carbocycles. The van der Waals surface area contributed by atoms with Gasteiger partial charge in [-0.25, -0.2) is 0 Å². The van der Waals surface area contributed by atoms with Crippen molar-refractivity contribution in [3.05, 3.63) is 42.5 Å². The van der Waals surface area contributed by atoms with Gasteiger partial charge in [-0.2, -0.15) is 0 Å². The summed E-state index contributed by atoms with van der Waals surface area (Å²) in [6.45, 7) is 3.31. The summed E-state index contributed by atoms with van der Waals surface area (Å²) in [6, 6.07) is 0.769. The van der Waals surface area contributed by atoms with Crippen LogP contribution in [0, 0.1) is 30.3 Å². The minimum atomic E-state index is -1.46. The van der Waals surface area contributed by atoms with Crippen molar-refractivity contribution in [3.63, 3.8) is 0 Å². The molecule has 1 rings (SSSR count). The van der Waals surface area contributed by atoms with Crippen LogP contribution in [-0.4, -0.2) is 21.3 Å². The summed E-state index contributed by atoms with van der Waals surface area (Å²) in [7, 11) is 0. The van der Waals surface area contributed by atoms with Gasteiger partial charge < -0.3 is 10.8 Å². The molecule has 0 atom stereocenters. The third kappa shape index (κ3) is 5.66. The quantitative estimate of drug-likeness (QED) is 0.459. The van der Waals surface area contributed by atoms with Crippen LogP contribution < -0.4 is 10.8 Å². The molecule has 1 aromatic rings. The summed E-state index contributed by atoms with van der Waals surface area (Å²) in [6.07, 6.45) is 3.97. The van der Waals surface area contributed by atoms with E-state index in [1.54, 1.807) is 0 Å². The van der Waals surface area contributed by atoms with Crippen LogP contribution >= 0.6 is 0 Å². The maximum absolute atomic E-state index is 11.1. The number of non-ortho nitro benzene ring substituents is 1. The van der Waals surface area contributed by atoms with E-state index in [9.17, 15) is 35.4 Å². The average Bonchev–Trinajstić information content (AvgIpc) is 2.45. The van der Waals surface area contributed by atoms with Gasteiger partial charge in [-0.15, -0.1) is 0 Å². The third-order valence-electron chi connectivity index (χ3n) is 2.49. The van der Waals surface area contributed by atoms with Crippen molar-refractivity contribution in [1.82, 2.24) is 0 Å². The third-order valence-corrected chi connectivity index (χ3v) is 2.49. The molecule has 0 saturated heterocycles. The summed E-state index contributed by atoms with van der Waals surface area (Å²) in [5.74, 6) is -1.46. The van der Waals surface area contributed by atoms with Crippen LogP contribution in [0.25, 0.3) is 0 Å². The number of quaternary nitrogens is 1. The molecule has 0 fully saturated rings. The van der Waals surface area contributed by atoms with Gasteiger partial charge in [0.05, 0.1) is 39.2 Å². The number of nitro benzene ring substituents is 3. The Balaban J connectivity index is 0.000000626. The first kappa shape index (κ1) is 19.2. The predicted octanol–water partition coefficient (Wildman–Crippen LogP) is 0.903. The minimum Gasteiger partial charge on any atom is -0.863 e. The van der Waals surface area contributed by atoms with Gasteiger partial charge in [0.25, 0.3) is 17.1 Å². The predicted molar refractivity (Wildman–Crippen MR) is 73.1 cm³/mol. The second-order valence-corrected chi connectivity index (χ2v) is 4.15. The number of hydrogen-bond donors (Lipinski definition) is 1. The van der Waals surface area contributed by atoms with Gasteiger partial charge in [0.15, 0.2) is 0 Å². The lowest BCUT2D eigenvalue weighted by atomic mass is 10.2. The summed E-state index contributed by atoms with van der Waals surface area (Å²) in [4.78, 5) is 27.5. The second-order valence-electron chi connectivity index (χ2n) is 4.15. The number of nitro groups is 3. The van der Waals surface area contributed by atoms with E-state index in [4.69, 9.17) is 0 Å².